The standard InChI is InChI=1S/C18H23NO7S/c1-18(8-9-27(22,23)12-18)19-16(20)11-26-17(21)7-4-13-10-14(24-2)5-6-15(13)25-3/h4-7,10H,8-9,11-12H2,1-3H3,(H,19,20)/b7-4+/t18-/m1/s1. The lowest BCUT2D eigenvalue weighted by Crippen LogP contribution is -2.48. The lowest BCUT2D eigenvalue weighted by atomic mass is 10.0. The van der Waals surface area contributed by atoms with E-state index in [4.69, 9.17) is 14.2 Å². The third kappa shape index (κ3) is 5.99. The predicted molar refractivity (Wildman–Crippen MR) is 99.4 cm³/mol. The number of sulfone groups is 1. The molecule has 1 aromatic carbocycles. The van der Waals surface area contributed by atoms with Gasteiger partial charge in [0.05, 0.1) is 31.3 Å². The molecule has 0 unspecified atom stereocenters. The van der Waals surface area contributed by atoms with E-state index in [1.54, 1.807) is 25.1 Å². The summed E-state index contributed by atoms with van der Waals surface area (Å²) >= 11 is 0. The Morgan fingerprint density at radius 2 is 2.00 bits per heavy atom. The molecule has 1 atom stereocenters. The molecule has 9 heteroatoms. The minimum atomic E-state index is -3.14. The van der Waals surface area contributed by atoms with Crippen LogP contribution in [0.4, 0.5) is 0 Å². The van der Waals surface area contributed by atoms with E-state index in [1.165, 1.54) is 26.4 Å². The molecule has 1 aliphatic rings. The van der Waals surface area contributed by atoms with Crippen molar-refractivity contribution < 1.29 is 32.2 Å². The third-order valence-corrected chi connectivity index (χ3v) is 6.03. The Labute approximate surface area is 158 Å². The molecule has 2 rings (SSSR count). The molecule has 1 N–H and O–H groups in total. The second-order valence-electron chi connectivity index (χ2n) is 6.50. The van der Waals surface area contributed by atoms with Gasteiger partial charge >= 0.3 is 5.97 Å². The largest absolute Gasteiger partial charge is 0.497 e. The van der Waals surface area contributed by atoms with E-state index in [0.29, 0.717) is 23.5 Å². The van der Waals surface area contributed by atoms with Crippen LogP contribution in [0.5, 0.6) is 11.5 Å². The number of carbonyl (C=O) groups is 2. The van der Waals surface area contributed by atoms with Gasteiger partial charge in [0, 0.05) is 11.6 Å². The maximum atomic E-state index is 11.9. The van der Waals surface area contributed by atoms with Crippen molar-refractivity contribution in [1.29, 1.82) is 0 Å². The zero-order chi connectivity index (χ0) is 20.1. The van der Waals surface area contributed by atoms with Crippen molar-refractivity contribution in [3.63, 3.8) is 0 Å². The SMILES string of the molecule is COc1ccc(OC)c(/C=C/C(=O)OCC(=O)N[C@]2(C)CCS(=O)(=O)C2)c1. The van der Waals surface area contributed by atoms with Crippen molar-refractivity contribution in [3.05, 3.63) is 29.8 Å². The molecule has 0 spiro atoms. The molecule has 27 heavy (non-hydrogen) atoms. The molecule has 1 aromatic rings. The molecule has 1 saturated heterocycles. The molecule has 8 nitrogen and oxygen atoms in total. The molecule has 0 bridgehead atoms. The van der Waals surface area contributed by atoms with Gasteiger partial charge in [-0.05, 0) is 37.6 Å². The molecule has 0 aliphatic carbocycles. The van der Waals surface area contributed by atoms with E-state index in [2.05, 4.69) is 5.32 Å². The topological polar surface area (TPSA) is 108 Å². The zero-order valence-electron chi connectivity index (χ0n) is 15.5. The highest BCUT2D eigenvalue weighted by atomic mass is 32.2. The average molecular weight is 397 g/mol. The van der Waals surface area contributed by atoms with Gasteiger partial charge in [0.15, 0.2) is 16.4 Å². The molecule has 1 fully saturated rings. The van der Waals surface area contributed by atoms with Crippen LogP contribution >= 0.6 is 0 Å². The Hall–Kier alpha value is -2.55. The Morgan fingerprint density at radius 1 is 1.26 bits per heavy atom. The molecule has 0 radical (unpaired) electrons. The smallest absolute Gasteiger partial charge is 0.331 e. The number of hydrogen-bond acceptors (Lipinski definition) is 7. The number of amides is 1. The number of benzene rings is 1. The fourth-order valence-electron chi connectivity index (χ4n) is 2.79. The van der Waals surface area contributed by atoms with Gasteiger partial charge in [-0.2, -0.15) is 0 Å². The van der Waals surface area contributed by atoms with Gasteiger partial charge in [-0.15, -0.1) is 0 Å². The first-order valence-corrected chi connectivity index (χ1v) is 10.1. The number of ether oxygens (including phenoxy) is 3. The summed E-state index contributed by atoms with van der Waals surface area (Å²) in [5, 5.41) is 2.62. The predicted octanol–water partition coefficient (Wildman–Crippen LogP) is 0.954. The highest BCUT2D eigenvalue weighted by Crippen LogP contribution is 2.25. The number of hydrogen-bond donors (Lipinski definition) is 1. The van der Waals surface area contributed by atoms with E-state index in [1.807, 2.05) is 0 Å². The summed E-state index contributed by atoms with van der Waals surface area (Å²) in [6, 6.07) is 5.12. The number of esters is 1. The van der Waals surface area contributed by atoms with Crippen molar-refractivity contribution in [2.75, 3.05) is 32.3 Å². The summed E-state index contributed by atoms with van der Waals surface area (Å²) in [4.78, 5) is 23.8. The van der Waals surface area contributed by atoms with Crippen molar-refractivity contribution in [3.8, 4) is 11.5 Å². The van der Waals surface area contributed by atoms with Crippen LogP contribution in [0.25, 0.3) is 6.08 Å². The second kappa shape index (κ2) is 8.43. The quantitative estimate of drug-likeness (QED) is 0.539. The fourth-order valence-corrected chi connectivity index (χ4v) is 4.89. The second-order valence-corrected chi connectivity index (χ2v) is 8.68. The summed E-state index contributed by atoms with van der Waals surface area (Å²) < 4.78 is 38.3. The first-order chi connectivity index (χ1) is 12.7. The van der Waals surface area contributed by atoms with E-state index in [9.17, 15) is 18.0 Å². The molecular formula is C18H23NO7S. The monoisotopic (exact) mass is 397 g/mol. The summed E-state index contributed by atoms with van der Waals surface area (Å²) in [5.41, 5.74) is -0.214. The van der Waals surface area contributed by atoms with Crippen LogP contribution in [0.3, 0.4) is 0 Å². The summed E-state index contributed by atoms with van der Waals surface area (Å²) in [6.45, 7) is 1.17. The maximum Gasteiger partial charge on any atom is 0.331 e. The minimum Gasteiger partial charge on any atom is -0.497 e. The van der Waals surface area contributed by atoms with Gasteiger partial charge in [0.25, 0.3) is 5.91 Å². The highest BCUT2D eigenvalue weighted by Gasteiger charge is 2.39. The number of methoxy groups -OCH3 is 2. The van der Waals surface area contributed by atoms with Gasteiger partial charge < -0.3 is 19.5 Å². The lowest BCUT2D eigenvalue weighted by Gasteiger charge is -2.23. The summed E-state index contributed by atoms with van der Waals surface area (Å²) in [6.07, 6.45) is 3.00. The molecule has 0 aromatic heterocycles. The fraction of sp³-hybridized carbons (Fsp3) is 0.444. The Kier molecular flexibility index (Phi) is 6.48. The van der Waals surface area contributed by atoms with Crippen LogP contribution in [0.1, 0.15) is 18.9 Å². The highest BCUT2D eigenvalue weighted by molar-refractivity contribution is 7.91. The van der Waals surface area contributed by atoms with E-state index in [-0.39, 0.29) is 11.5 Å². The van der Waals surface area contributed by atoms with E-state index in [0.717, 1.165) is 0 Å². The van der Waals surface area contributed by atoms with Crippen molar-refractivity contribution in [1.82, 2.24) is 5.32 Å². The van der Waals surface area contributed by atoms with E-state index >= 15 is 0 Å². The summed E-state index contributed by atoms with van der Waals surface area (Å²) in [5.74, 6) is -0.186. The van der Waals surface area contributed by atoms with Crippen LogP contribution in [0.15, 0.2) is 24.3 Å². The Bertz CT molecular complexity index is 847. The molecular weight excluding hydrogens is 374 g/mol. The zero-order valence-corrected chi connectivity index (χ0v) is 16.3. The molecule has 1 heterocycles. The summed E-state index contributed by atoms with van der Waals surface area (Å²) in [7, 11) is -0.107. The number of nitrogens with one attached hydrogen (secondary N) is 1. The maximum absolute atomic E-state index is 11.9. The van der Waals surface area contributed by atoms with Crippen LogP contribution in [0.2, 0.25) is 0 Å². The van der Waals surface area contributed by atoms with Crippen LogP contribution in [-0.4, -0.2) is 58.2 Å². The number of rotatable bonds is 7. The van der Waals surface area contributed by atoms with Crippen molar-refractivity contribution in [2.45, 2.75) is 18.9 Å². The van der Waals surface area contributed by atoms with Crippen LogP contribution in [0, 0.1) is 0 Å². The first kappa shape index (κ1) is 20.8. The average Bonchev–Trinajstić information content (AvgIpc) is 2.90. The van der Waals surface area contributed by atoms with Gasteiger partial charge in [-0.3, -0.25) is 4.79 Å². The van der Waals surface area contributed by atoms with Crippen molar-refractivity contribution in [2.24, 2.45) is 0 Å². The minimum absolute atomic E-state index is 0.0364. The molecule has 0 saturated carbocycles. The van der Waals surface area contributed by atoms with Gasteiger partial charge in [0.2, 0.25) is 0 Å². The van der Waals surface area contributed by atoms with Gasteiger partial charge in [0.1, 0.15) is 11.5 Å². The first-order valence-electron chi connectivity index (χ1n) is 8.25. The Balaban J connectivity index is 1.89. The molecule has 1 amide bonds. The van der Waals surface area contributed by atoms with Crippen molar-refractivity contribution >= 4 is 27.8 Å². The number of carbonyl (C=O) groups excluding carboxylic acids is 2. The van der Waals surface area contributed by atoms with E-state index < -0.39 is 33.9 Å². The normalized spacial score (nSPS) is 21.0. The molecule has 148 valence electrons. The van der Waals surface area contributed by atoms with Gasteiger partial charge in [-0.1, -0.05) is 0 Å². The molecule has 1 aliphatic heterocycles. The van der Waals surface area contributed by atoms with Gasteiger partial charge in [-0.25, -0.2) is 13.2 Å². The third-order valence-electron chi connectivity index (χ3n) is 4.13. The Morgan fingerprint density at radius 3 is 2.59 bits per heavy atom. The van der Waals surface area contributed by atoms with Crippen LogP contribution < -0.4 is 14.8 Å². The lowest BCUT2D eigenvalue weighted by molar-refractivity contribution is -0.144. The van der Waals surface area contributed by atoms with Crippen LogP contribution in [-0.2, 0) is 24.2 Å².